The van der Waals surface area contributed by atoms with Gasteiger partial charge in [-0.05, 0) is 58.2 Å². The summed E-state index contributed by atoms with van der Waals surface area (Å²) in [4.78, 5) is 2.22. The Bertz CT molecular complexity index is 490. The molecule has 1 heterocycles. The van der Waals surface area contributed by atoms with E-state index in [2.05, 4.69) is 47.6 Å². The molecule has 0 fully saturated rings. The van der Waals surface area contributed by atoms with Crippen molar-refractivity contribution in [2.24, 2.45) is 0 Å². The van der Waals surface area contributed by atoms with Gasteiger partial charge in [0.2, 0.25) is 0 Å². The van der Waals surface area contributed by atoms with Gasteiger partial charge in [0.15, 0.2) is 0 Å². The van der Waals surface area contributed by atoms with Crippen LogP contribution in [0.3, 0.4) is 0 Å². The van der Waals surface area contributed by atoms with Gasteiger partial charge >= 0.3 is 0 Å². The molecule has 0 aliphatic heterocycles. The third kappa shape index (κ3) is 4.79. The summed E-state index contributed by atoms with van der Waals surface area (Å²) in [6.45, 7) is 3.04. The average molecular weight is 272 g/mol. The molecule has 0 atom stereocenters. The van der Waals surface area contributed by atoms with Crippen LogP contribution in [0.25, 0.3) is 5.69 Å². The summed E-state index contributed by atoms with van der Waals surface area (Å²) >= 11 is 0. The molecule has 0 aliphatic rings. The van der Waals surface area contributed by atoms with Crippen molar-refractivity contribution in [1.82, 2.24) is 20.0 Å². The van der Waals surface area contributed by atoms with Crippen molar-refractivity contribution in [2.75, 3.05) is 27.2 Å². The van der Waals surface area contributed by atoms with E-state index < -0.39 is 0 Å². The van der Waals surface area contributed by atoms with Gasteiger partial charge in [-0.1, -0.05) is 18.2 Å². The molecular formula is C16H24N4. The molecule has 0 aliphatic carbocycles. The van der Waals surface area contributed by atoms with Gasteiger partial charge in [-0.3, -0.25) is 0 Å². The topological polar surface area (TPSA) is 33.1 Å². The first-order chi connectivity index (χ1) is 9.75. The highest BCUT2D eigenvalue weighted by Gasteiger charge is 2.00. The molecule has 20 heavy (non-hydrogen) atoms. The van der Waals surface area contributed by atoms with E-state index in [0.717, 1.165) is 31.0 Å². The Kier molecular flexibility index (Phi) is 5.77. The van der Waals surface area contributed by atoms with Crippen molar-refractivity contribution in [3.63, 3.8) is 0 Å². The quantitative estimate of drug-likeness (QED) is 0.749. The smallest absolute Gasteiger partial charge is 0.0766 e. The number of aromatic nitrogens is 2. The number of benzene rings is 1. The van der Waals surface area contributed by atoms with Crippen LogP contribution >= 0.6 is 0 Å². The molecule has 0 unspecified atom stereocenters. The summed E-state index contributed by atoms with van der Waals surface area (Å²) in [5.41, 5.74) is 2.19. The number of para-hydroxylation sites is 1. The molecule has 0 saturated heterocycles. The lowest BCUT2D eigenvalue weighted by Gasteiger charge is -2.08. The second kappa shape index (κ2) is 7.82. The molecule has 1 aromatic carbocycles. The van der Waals surface area contributed by atoms with Crippen molar-refractivity contribution >= 4 is 0 Å². The molecular weight excluding hydrogens is 248 g/mol. The van der Waals surface area contributed by atoms with Gasteiger partial charge in [-0.25, -0.2) is 4.68 Å². The Balaban J connectivity index is 1.71. The lowest BCUT2D eigenvalue weighted by atomic mass is 10.3. The lowest BCUT2D eigenvalue weighted by molar-refractivity contribution is 0.391. The number of nitrogens with one attached hydrogen (secondary N) is 1. The van der Waals surface area contributed by atoms with Crippen molar-refractivity contribution in [2.45, 2.75) is 19.4 Å². The minimum atomic E-state index is 0.835. The van der Waals surface area contributed by atoms with Crippen LogP contribution in [0.5, 0.6) is 0 Å². The normalized spacial score (nSPS) is 11.2. The third-order valence-electron chi connectivity index (χ3n) is 3.18. The SMILES string of the molecule is CN(C)CCCCNCc1ccn(-c2ccccc2)n1. The molecule has 1 N–H and O–H groups in total. The first-order valence-corrected chi connectivity index (χ1v) is 7.21. The maximum absolute atomic E-state index is 4.57. The molecule has 2 aromatic rings. The monoisotopic (exact) mass is 272 g/mol. The van der Waals surface area contributed by atoms with Crippen LogP contribution < -0.4 is 5.32 Å². The Hall–Kier alpha value is -1.65. The van der Waals surface area contributed by atoms with E-state index in [4.69, 9.17) is 0 Å². The summed E-state index contributed by atoms with van der Waals surface area (Å²) in [6, 6.07) is 12.3. The summed E-state index contributed by atoms with van der Waals surface area (Å²) < 4.78 is 1.92. The van der Waals surface area contributed by atoms with Crippen LogP contribution in [-0.4, -0.2) is 41.9 Å². The number of hydrogen-bond acceptors (Lipinski definition) is 3. The van der Waals surface area contributed by atoms with Crippen LogP contribution in [0.1, 0.15) is 18.5 Å². The van der Waals surface area contributed by atoms with E-state index in [-0.39, 0.29) is 0 Å². The first-order valence-electron chi connectivity index (χ1n) is 7.21. The lowest BCUT2D eigenvalue weighted by Crippen LogP contribution is -2.18. The molecule has 1 aromatic heterocycles. The first kappa shape index (κ1) is 14.8. The molecule has 4 nitrogen and oxygen atoms in total. The number of rotatable bonds is 8. The highest BCUT2D eigenvalue weighted by molar-refractivity contribution is 5.30. The van der Waals surface area contributed by atoms with Crippen LogP contribution in [0.15, 0.2) is 42.6 Å². The molecule has 0 radical (unpaired) electrons. The zero-order valence-electron chi connectivity index (χ0n) is 12.4. The molecule has 4 heteroatoms. The fourth-order valence-corrected chi connectivity index (χ4v) is 2.07. The Morgan fingerprint density at radius 3 is 2.65 bits per heavy atom. The zero-order valence-corrected chi connectivity index (χ0v) is 12.4. The zero-order chi connectivity index (χ0) is 14.2. The van der Waals surface area contributed by atoms with Gasteiger partial charge in [-0.2, -0.15) is 5.10 Å². The molecule has 0 amide bonds. The summed E-state index contributed by atoms with van der Waals surface area (Å²) in [5, 5.41) is 8.02. The van der Waals surface area contributed by atoms with Gasteiger partial charge in [0.25, 0.3) is 0 Å². The van der Waals surface area contributed by atoms with Crippen molar-refractivity contribution < 1.29 is 0 Å². The van der Waals surface area contributed by atoms with Crippen LogP contribution in [0.4, 0.5) is 0 Å². The van der Waals surface area contributed by atoms with Crippen LogP contribution in [0, 0.1) is 0 Å². The summed E-state index contributed by atoms with van der Waals surface area (Å²) in [5.74, 6) is 0. The van der Waals surface area contributed by atoms with Gasteiger partial charge in [0.1, 0.15) is 0 Å². The number of hydrogen-bond donors (Lipinski definition) is 1. The minimum absolute atomic E-state index is 0.835. The second-order valence-corrected chi connectivity index (χ2v) is 5.27. The van der Waals surface area contributed by atoms with E-state index in [1.165, 1.54) is 12.8 Å². The fraction of sp³-hybridized carbons (Fsp3) is 0.438. The predicted molar refractivity (Wildman–Crippen MR) is 83.1 cm³/mol. The van der Waals surface area contributed by atoms with Crippen molar-refractivity contribution in [1.29, 1.82) is 0 Å². The second-order valence-electron chi connectivity index (χ2n) is 5.27. The fourth-order valence-electron chi connectivity index (χ4n) is 2.07. The van der Waals surface area contributed by atoms with Crippen LogP contribution in [0.2, 0.25) is 0 Å². The van der Waals surface area contributed by atoms with E-state index in [0.29, 0.717) is 0 Å². The number of nitrogens with zero attached hydrogens (tertiary/aromatic N) is 3. The van der Waals surface area contributed by atoms with Gasteiger partial charge in [0, 0.05) is 12.7 Å². The maximum Gasteiger partial charge on any atom is 0.0766 e. The highest BCUT2D eigenvalue weighted by Crippen LogP contribution is 2.06. The number of unbranched alkanes of at least 4 members (excludes halogenated alkanes) is 1. The summed E-state index contributed by atoms with van der Waals surface area (Å²) in [6.07, 6.45) is 4.45. The molecule has 0 saturated carbocycles. The van der Waals surface area contributed by atoms with Crippen LogP contribution in [-0.2, 0) is 6.54 Å². The Morgan fingerprint density at radius 2 is 1.90 bits per heavy atom. The maximum atomic E-state index is 4.57. The standard InChI is InChI=1S/C16H24N4/c1-19(2)12-7-6-11-17-14-15-10-13-20(18-15)16-8-4-3-5-9-16/h3-5,8-10,13,17H,6-7,11-12,14H2,1-2H3. The van der Waals surface area contributed by atoms with E-state index in [9.17, 15) is 0 Å². The van der Waals surface area contributed by atoms with E-state index in [1.807, 2.05) is 29.1 Å². The van der Waals surface area contributed by atoms with E-state index in [1.54, 1.807) is 0 Å². The van der Waals surface area contributed by atoms with Crippen molar-refractivity contribution in [3.05, 3.63) is 48.3 Å². The summed E-state index contributed by atoms with van der Waals surface area (Å²) in [7, 11) is 4.23. The molecule has 0 spiro atoms. The van der Waals surface area contributed by atoms with Crippen molar-refractivity contribution in [3.8, 4) is 5.69 Å². The minimum Gasteiger partial charge on any atom is -0.311 e. The Labute approximate surface area is 121 Å². The molecule has 0 bridgehead atoms. The third-order valence-corrected chi connectivity index (χ3v) is 3.18. The largest absolute Gasteiger partial charge is 0.311 e. The average Bonchev–Trinajstić information content (AvgIpc) is 2.92. The highest BCUT2D eigenvalue weighted by atomic mass is 15.3. The molecule has 2 rings (SSSR count). The van der Waals surface area contributed by atoms with Gasteiger partial charge in [0.05, 0.1) is 11.4 Å². The van der Waals surface area contributed by atoms with Gasteiger partial charge < -0.3 is 10.2 Å². The van der Waals surface area contributed by atoms with E-state index >= 15 is 0 Å². The Morgan fingerprint density at radius 1 is 1.10 bits per heavy atom. The molecule has 108 valence electrons. The predicted octanol–water partition coefficient (Wildman–Crippen LogP) is 2.30. The van der Waals surface area contributed by atoms with Gasteiger partial charge in [-0.15, -0.1) is 0 Å².